The Balaban J connectivity index is 3.14. The van der Waals surface area contributed by atoms with Crippen molar-refractivity contribution >= 4 is 11.6 Å². The van der Waals surface area contributed by atoms with Crippen LogP contribution in [-0.4, -0.2) is 29.6 Å². The predicted molar refractivity (Wildman–Crippen MR) is 87.7 cm³/mol. The van der Waals surface area contributed by atoms with Gasteiger partial charge in [-0.05, 0) is 33.6 Å². The highest BCUT2D eigenvalue weighted by Gasteiger charge is 2.17. The fourth-order valence-electron chi connectivity index (χ4n) is 2.39. The molecule has 4 nitrogen and oxygen atoms in total. The molecule has 0 spiro atoms. The lowest BCUT2D eigenvalue weighted by Crippen LogP contribution is -2.30. The van der Waals surface area contributed by atoms with Crippen molar-refractivity contribution in [2.75, 3.05) is 23.8 Å². The minimum Gasteiger partial charge on any atom is -0.370 e. The van der Waals surface area contributed by atoms with Gasteiger partial charge in [0.2, 0.25) is 0 Å². The van der Waals surface area contributed by atoms with E-state index in [1.54, 1.807) is 0 Å². The average Bonchev–Trinajstić information content (AvgIpc) is 2.42. The number of nitrogens with zero attached hydrogens (tertiary/aromatic N) is 3. The molecule has 1 atom stereocenters. The second-order valence-electron chi connectivity index (χ2n) is 5.47. The zero-order chi connectivity index (χ0) is 15.1. The molecule has 0 aliphatic heterocycles. The highest BCUT2D eigenvalue weighted by Crippen LogP contribution is 2.25. The Kier molecular flexibility index (Phi) is 6.76. The van der Waals surface area contributed by atoms with Crippen molar-refractivity contribution in [2.45, 2.75) is 66.3 Å². The molecule has 0 radical (unpaired) electrons. The quantitative estimate of drug-likeness (QED) is 0.785. The molecule has 114 valence electrons. The van der Waals surface area contributed by atoms with Crippen molar-refractivity contribution < 1.29 is 0 Å². The van der Waals surface area contributed by atoms with Gasteiger partial charge in [-0.2, -0.15) is 0 Å². The Bertz CT molecular complexity index is 417. The highest BCUT2D eigenvalue weighted by molar-refractivity contribution is 5.58. The summed E-state index contributed by atoms with van der Waals surface area (Å²) in [5, 5.41) is 3.36. The largest absolute Gasteiger partial charge is 0.370 e. The molecule has 0 fully saturated rings. The van der Waals surface area contributed by atoms with E-state index >= 15 is 0 Å². The van der Waals surface area contributed by atoms with Gasteiger partial charge in [0, 0.05) is 31.6 Å². The molecule has 1 aromatic heterocycles. The van der Waals surface area contributed by atoms with Crippen LogP contribution in [0.3, 0.4) is 0 Å². The molecule has 0 aromatic carbocycles. The van der Waals surface area contributed by atoms with Crippen LogP contribution in [0.1, 0.15) is 58.3 Å². The highest BCUT2D eigenvalue weighted by atomic mass is 15.2. The SMILES string of the molecule is CCCc1nc(NCC)c(C)c(N(C)C(C)CCC)n1. The second-order valence-corrected chi connectivity index (χ2v) is 5.47. The molecular formula is C16H30N4. The number of hydrogen-bond donors (Lipinski definition) is 1. The third-order valence-corrected chi connectivity index (χ3v) is 3.69. The van der Waals surface area contributed by atoms with E-state index in [4.69, 9.17) is 4.98 Å². The monoisotopic (exact) mass is 278 g/mol. The first-order valence-corrected chi connectivity index (χ1v) is 7.89. The topological polar surface area (TPSA) is 41.1 Å². The van der Waals surface area contributed by atoms with Gasteiger partial charge in [-0.3, -0.25) is 0 Å². The van der Waals surface area contributed by atoms with Crippen molar-refractivity contribution in [2.24, 2.45) is 0 Å². The van der Waals surface area contributed by atoms with Crippen molar-refractivity contribution in [1.29, 1.82) is 0 Å². The Hall–Kier alpha value is -1.32. The molecule has 1 rings (SSSR count). The zero-order valence-electron chi connectivity index (χ0n) is 14.0. The fraction of sp³-hybridized carbons (Fsp3) is 0.750. The summed E-state index contributed by atoms with van der Waals surface area (Å²) in [5.41, 5.74) is 1.15. The van der Waals surface area contributed by atoms with Gasteiger partial charge in [0.15, 0.2) is 0 Å². The lowest BCUT2D eigenvalue weighted by molar-refractivity contribution is 0.607. The van der Waals surface area contributed by atoms with Crippen LogP contribution < -0.4 is 10.2 Å². The summed E-state index contributed by atoms with van der Waals surface area (Å²) < 4.78 is 0. The summed E-state index contributed by atoms with van der Waals surface area (Å²) >= 11 is 0. The van der Waals surface area contributed by atoms with Crippen LogP contribution in [0, 0.1) is 6.92 Å². The van der Waals surface area contributed by atoms with Crippen LogP contribution in [-0.2, 0) is 6.42 Å². The lowest BCUT2D eigenvalue weighted by Gasteiger charge is -2.28. The van der Waals surface area contributed by atoms with Crippen molar-refractivity contribution in [3.05, 3.63) is 11.4 Å². The maximum atomic E-state index is 4.78. The number of aromatic nitrogens is 2. The van der Waals surface area contributed by atoms with Crippen molar-refractivity contribution in [1.82, 2.24) is 9.97 Å². The standard InChI is InChI=1S/C16H30N4/c1-7-10-12(4)20(6)16-13(5)15(17-9-3)18-14(19-16)11-8-2/h12H,7-11H2,1-6H3,(H,17,18,19). The summed E-state index contributed by atoms with van der Waals surface area (Å²) in [5.74, 6) is 3.00. The first kappa shape index (κ1) is 16.7. The number of hydrogen-bond acceptors (Lipinski definition) is 4. The summed E-state index contributed by atoms with van der Waals surface area (Å²) in [4.78, 5) is 11.7. The number of aryl methyl sites for hydroxylation is 1. The van der Waals surface area contributed by atoms with Crippen LogP contribution in [0.2, 0.25) is 0 Å². The molecule has 1 heterocycles. The van der Waals surface area contributed by atoms with E-state index in [1.165, 1.54) is 12.8 Å². The van der Waals surface area contributed by atoms with Crippen molar-refractivity contribution in [3.8, 4) is 0 Å². The van der Waals surface area contributed by atoms with Crippen LogP contribution in [0.25, 0.3) is 0 Å². The smallest absolute Gasteiger partial charge is 0.137 e. The minimum atomic E-state index is 0.498. The molecule has 0 aliphatic carbocycles. The second kappa shape index (κ2) is 8.08. The third kappa shape index (κ3) is 4.09. The van der Waals surface area contributed by atoms with E-state index in [0.717, 1.165) is 42.4 Å². The van der Waals surface area contributed by atoms with Crippen LogP contribution in [0.15, 0.2) is 0 Å². The third-order valence-electron chi connectivity index (χ3n) is 3.69. The number of rotatable bonds is 8. The van der Waals surface area contributed by atoms with Gasteiger partial charge in [0.05, 0.1) is 0 Å². The molecule has 1 unspecified atom stereocenters. The lowest BCUT2D eigenvalue weighted by atomic mass is 10.1. The zero-order valence-corrected chi connectivity index (χ0v) is 14.0. The van der Waals surface area contributed by atoms with E-state index < -0.39 is 0 Å². The molecule has 0 saturated heterocycles. The first-order chi connectivity index (χ1) is 9.54. The molecule has 0 amide bonds. The fourth-order valence-corrected chi connectivity index (χ4v) is 2.39. The van der Waals surface area contributed by atoms with E-state index in [-0.39, 0.29) is 0 Å². The minimum absolute atomic E-state index is 0.498. The molecule has 4 heteroatoms. The van der Waals surface area contributed by atoms with Crippen molar-refractivity contribution in [3.63, 3.8) is 0 Å². The first-order valence-electron chi connectivity index (χ1n) is 7.89. The van der Waals surface area contributed by atoms with Crippen LogP contribution in [0.5, 0.6) is 0 Å². The Labute approximate surface area is 124 Å². The Morgan fingerprint density at radius 2 is 1.85 bits per heavy atom. The maximum absolute atomic E-state index is 4.78. The molecule has 0 aliphatic rings. The molecular weight excluding hydrogens is 248 g/mol. The van der Waals surface area contributed by atoms with Gasteiger partial charge in [0.25, 0.3) is 0 Å². The summed E-state index contributed by atoms with van der Waals surface area (Å²) in [6.07, 6.45) is 4.38. The van der Waals surface area contributed by atoms with Crippen LogP contribution in [0.4, 0.5) is 11.6 Å². The normalized spacial score (nSPS) is 12.3. The van der Waals surface area contributed by atoms with E-state index in [2.05, 4.69) is 56.9 Å². The number of nitrogens with one attached hydrogen (secondary N) is 1. The average molecular weight is 278 g/mol. The van der Waals surface area contributed by atoms with Crippen LogP contribution >= 0.6 is 0 Å². The van der Waals surface area contributed by atoms with E-state index in [1.807, 2.05) is 0 Å². The molecule has 1 N–H and O–H groups in total. The summed E-state index contributed by atoms with van der Waals surface area (Å²) in [7, 11) is 2.14. The predicted octanol–water partition coefficient (Wildman–Crippen LogP) is 3.79. The van der Waals surface area contributed by atoms with Gasteiger partial charge in [-0.25, -0.2) is 9.97 Å². The number of anilines is 2. The molecule has 1 aromatic rings. The van der Waals surface area contributed by atoms with E-state index in [9.17, 15) is 0 Å². The molecule has 0 bridgehead atoms. The molecule has 20 heavy (non-hydrogen) atoms. The van der Waals surface area contributed by atoms with Gasteiger partial charge in [-0.15, -0.1) is 0 Å². The van der Waals surface area contributed by atoms with E-state index in [0.29, 0.717) is 6.04 Å². The van der Waals surface area contributed by atoms with Gasteiger partial charge in [0.1, 0.15) is 17.5 Å². The maximum Gasteiger partial charge on any atom is 0.137 e. The Morgan fingerprint density at radius 1 is 1.15 bits per heavy atom. The summed E-state index contributed by atoms with van der Waals surface area (Å²) in [6.45, 7) is 11.7. The van der Waals surface area contributed by atoms with Gasteiger partial charge >= 0.3 is 0 Å². The Morgan fingerprint density at radius 3 is 2.40 bits per heavy atom. The molecule has 0 saturated carbocycles. The van der Waals surface area contributed by atoms with Gasteiger partial charge in [-0.1, -0.05) is 20.3 Å². The van der Waals surface area contributed by atoms with Gasteiger partial charge < -0.3 is 10.2 Å². The summed E-state index contributed by atoms with van der Waals surface area (Å²) in [6, 6.07) is 0.498.